The number of carbonyl (C=O) groups excluding carboxylic acids is 2. The van der Waals surface area contributed by atoms with E-state index in [1.807, 2.05) is 0 Å². The quantitative estimate of drug-likeness (QED) is 0.562. The van der Waals surface area contributed by atoms with Crippen molar-refractivity contribution in [2.24, 2.45) is 17.8 Å². The monoisotopic (exact) mass is 426 g/mol. The molecule has 3 atom stereocenters. The molecule has 0 saturated heterocycles. The zero-order valence-electron chi connectivity index (χ0n) is 16.2. The van der Waals surface area contributed by atoms with E-state index in [4.69, 9.17) is 21.1 Å². The summed E-state index contributed by atoms with van der Waals surface area (Å²) in [6.07, 6.45) is 2.85. The van der Waals surface area contributed by atoms with Gasteiger partial charge < -0.3 is 9.47 Å². The normalized spacial score (nSPS) is 22.4. The van der Waals surface area contributed by atoms with Crippen molar-refractivity contribution in [2.75, 3.05) is 6.61 Å². The number of rotatable bonds is 5. The number of hydrogen-bond donors (Lipinski definition) is 0. The molecule has 0 N–H and O–H groups in total. The number of ether oxygens (including phenoxy) is 2. The molecular formula is C21H24ClFO4S. The summed E-state index contributed by atoms with van der Waals surface area (Å²) in [7, 11) is 0. The molecule has 152 valence electrons. The van der Waals surface area contributed by atoms with Gasteiger partial charge in [-0.25, -0.2) is 14.0 Å². The molecule has 2 aromatic rings. The van der Waals surface area contributed by atoms with Crippen LogP contribution in [0, 0.1) is 23.6 Å². The van der Waals surface area contributed by atoms with Gasteiger partial charge in [-0.15, -0.1) is 11.3 Å². The summed E-state index contributed by atoms with van der Waals surface area (Å²) in [5.41, 5.74) is 0. The van der Waals surface area contributed by atoms with Crippen LogP contribution in [-0.4, -0.2) is 24.6 Å². The Kier molecular flexibility index (Phi) is 6.61. The summed E-state index contributed by atoms with van der Waals surface area (Å²) in [4.78, 5) is 24.7. The first kappa shape index (κ1) is 21.1. The number of esters is 2. The minimum Gasteiger partial charge on any atom is -0.460 e. The number of hydrogen-bond acceptors (Lipinski definition) is 5. The average Bonchev–Trinajstić information content (AvgIpc) is 2.95. The highest BCUT2D eigenvalue weighted by atomic mass is 35.5. The van der Waals surface area contributed by atoms with Gasteiger partial charge in [-0.3, -0.25) is 0 Å². The van der Waals surface area contributed by atoms with E-state index in [2.05, 4.69) is 20.8 Å². The molecule has 1 aliphatic carbocycles. The van der Waals surface area contributed by atoms with E-state index in [-0.39, 0.29) is 16.0 Å². The molecule has 1 aromatic carbocycles. The minimum atomic E-state index is -0.707. The minimum absolute atomic E-state index is 0.147. The molecule has 1 aliphatic rings. The van der Waals surface area contributed by atoms with Crippen LogP contribution in [0.2, 0.25) is 5.02 Å². The molecular weight excluding hydrogens is 403 g/mol. The molecule has 4 nitrogen and oxygen atoms in total. The summed E-state index contributed by atoms with van der Waals surface area (Å²) in [6, 6.07) is 4.11. The fourth-order valence-corrected chi connectivity index (χ4v) is 5.24. The second kappa shape index (κ2) is 8.78. The molecule has 1 heterocycles. The van der Waals surface area contributed by atoms with Crippen LogP contribution in [0.3, 0.4) is 0 Å². The highest BCUT2D eigenvalue weighted by Gasteiger charge is 2.33. The Hall–Kier alpha value is -1.66. The maximum atomic E-state index is 13.4. The second-order valence-electron chi connectivity index (χ2n) is 7.82. The number of fused-ring (bicyclic) bond motifs is 1. The lowest BCUT2D eigenvalue weighted by Crippen LogP contribution is -2.36. The maximum absolute atomic E-state index is 13.4. The van der Waals surface area contributed by atoms with E-state index in [9.17, 15) is 14.0 Å². The van der Waals surface area contributed by atoms with Gasteiger partial charge in [0, 0.05) is 10.1 Å². The summed E-state index contributed by atoms with van der Waals surface area (Å²) < 4.78 is 24.7. The Morgan fingerprint density at radius 1 is 1.32 bits per heavy atom. The van der Waals surface area contributed by atoms with Crippen molar-refractivity contribution >= 4 is 45.0 Å². The highest BCUT2D eigenvalue weighted by molar-refractivity contribution is 7.21. The topological polar surface area (TPSA) is 52.6 Å². The Balaban J connectivity index is 1.61. The molecule has 1 aromatic heterocycles. The predicted molar refractivity (Wildman–Crippen MR) is 108 cm³/mol. The largest absolute Gasteiger partial charge is 0.460 e. The van der Waals surface area contributed by atoms with Crippen LogP contribution < -0.4 is 0 Å². The summed E-state index contributed by atoms with van der Waals surface area (Å²) in [6.45, 7) is 5.96. The van der Waals surface area contributed by atoms with E-state index in [0.29, 0.717) is 27.8 Å². The van der Waals surface area contributed by atoms with Crippen LogP contribution >= 0.6 is 22.9 Å². The van der Waals surface area contributed by atoms with Gasteiger partial charge in [0.25, 0.3) is 0 Å². The molecule has 7 heteroatoms. The van der Waals surface area contributed by atoms with Gasteiger partial charge in [-0.2, -0.15) is 0 Å². The number of carbonyl (C=O) groups is 2. The van der Waals surface area contributed by atoms with Crippen molar-refractivity contribution in [1.82, 2.24) is 0 Å². The lowest BCUT2D eigenvalue weighted by atomic mass is 9.75. The maximum Gasteiger partial charge on any atom is 0.350 e. The molecule has 1 saturated carbocycles. The van der Waals surface area contributed by atoms with Crippen LogP contribution in [-0.2, 0) is 14.3 Å². The van der Waals surface area contributed by atoms with Crippen molar-refractivity contribution < 1.29 is 23.5 Å². The fourth-order valence-electron chi connectivity index (χ4n) is 3.81. The molecule has 1 fully saturated rings. The molecule has 0 amide bonds. The molecule has 3 unspecified atom stereocenters. The fraction of sp³-hybridized carbons (Fsp3) is 0.524. The van der Waals surface area contributed by atoms with Crippen LogP contribution in [0.15, 0.2) is 18.2 Å². The van der Waals surface area contributed by atoms with Gasteiger partial charge in [-0.1, -0.05) is 38.8 Å². The van der Waals surface area contributed by atoms with Gasteiger partial charge in [0.2, 0.25) is 0 Å². The van der Waals surface area contributed by atoms with Crippen molar-refractivity contribution in [3.63, 3.8) is 0 Å². The molecule has 3 rings (SSSR count). The van der Waals surface area contributed by atoms with Crippen LogP contribution in [0.1, 0.15) is 49.7 Å². The van der Waals surface area contributed by atoms with Gasteiger partial charge in [0.15, 0.2) is 6.61 Å². The van der Waals surface area contributed by atoms with Crippen molar-refractivity contribution in [2.45, 2.75) is 46.1 Å². The summed E-state index contributed by atoms with van der Waals surface area (Å²) in [5, 5.41) is 0.790. The smallest absolute Gasteiger partial charge is 0.350 e. The van der Waals surface area contributed by atoms with Gasteiger partial charge in [0.1, 0.15) is 16.8 Å². The van der Waals surface area contributed by atoms with Gasteiger partial charge >= 0.3 is 11.9 Å². The van der Waals surface area contributed by atoms with E-state index < -0.39 is 24.4 Å². The first-order chi connectivity index (χ1) is 13.3. The van der Waals surface area contributed by atoms with Gasteiger partial charge in [-0.05, 0) is 48.8 Å². The van der Waals surface area contributed by atoms with Crippen molar-refractivity contribution in [1.29, 1.82) is 0 Å². The number of halogens is 2. The molecule has 0 bridgehead atoms. The standard InChI is InChI=1S/C21H24ClFO4S/c1-11(2)14-6-4-12(3)8-16(14)27-18(24)10-26-21(25)20-19(22)15-7-5-13(23)9-17(15)28-20/h5,7,9,11-12,14,16H,4,6,8,10H2,1-3H3. The van der Waals surface area contributed by atoms with E-state index in [1.165, 1.54) is 18.2 Å². The second-order valence-corrected chi connectivity index (χ2v) is 9.25. The van der Waals surface area contributed by atoms with E-state index >= 15 is 0 Å². The Morgan fingerprint density at radius 2 is 2.07 bits per heavy atom. The van der Waals surface area contributed by atoms with Crippen LogP contribution in [0.25, 0.3) is 10.1 Å². The SMILES string of the molecule is CC1CCC(C(C)C)C(OC(=O)COC(=O)c2sc3cc(F)ccc3c2Cl)C1. The first-order valence-corrected chi connectivity index (χ1v) is 10.7. The van der Waals surface area contributed by atoms with E-state index in [0.717, 1.165) is 30.6 Å². The van der Waals surface area contributed by atoms with E-state index in [1.54, 1.807) is 0 Å². The average molecular weight is 427 g/mol. The first-order valence-electron chi connectivity index (χ1n) is 9.50. The zero-order chi connectivity index (χ0) is 20.4. The molecule has 0 aliphatic heterocycles. The third-order valence-corrected chi connectivity index (χ3v) is 6.98. The highest BCUT2D eigenvalue weighted by Crippen LogP contribution is 2.37. The third-order valence-electron chi connectivity index (χ3n) is 5.34. The molecule has 0 radical (unpaired) electrons. The number of thiophene rings is 1. The lowest BCUT2D eigenvalue weighted by Gasteiger charge is -2.36. The van der Waals surface area contributed by atoms with Crippen LogP contribution in [0.4, 0.5) is 4.39 Å². The third kappa shape index (κ3) is 4.66. The molecule has 28 heavy (non-hydrogen) atoms. The van der Waals surface area contributed by atoms with Crippen molar-refractivity contribution in [3.8, 4) is 0 Å². The zero-order valence-corrected chi connectivity index (χ0v) is 17.7. The molecule has 0 spiro atoms. The Labute approximate surface area is 173 Å². The summed E-state index contributed by atoms with van der Waals surface area (Å²) >= 11 is 7.26. The van der Waals surface area contributed by atoms with Gasteiger partial charge in [0.05, 0.1) is 5.02 Å². The predicted octanol–water partition coefficient (Wildman–Crippen LogP) is 5.85. The van der Waals surface area contributed by atoms with Crippen LogP contribution in [0.5, 0.6) is 0 Å². The lowest BCUT2D eigenvalue weighted by molar-refractivity contribution is -0.159. The van der Waals surface area contributed by atoms with Crippen molar-refractivity contribution in [3.05, 3.63) is 33.9 Å². The number of benzene rings is 1. The Morgan fingerprint density at radius 3 is 2.79 bits per heavy atom. The summed E-state index contributed by atoms with van der Waals surface area (Å²) in [5.74, 6) is -0.417. The Bertz CT molecular complexity index is 879.